The molecular weight excluding hydrogens is 324 g/mol. The number of aromatic nitrogens is 3. The lowest BCUT2D eigenvalue weighted by Crippen LogP contribution is -2.39. The third-order valence-corrected chi connectivity index (χ3v) is 4.81. The first-order valence-corrected chi connectivity index (χ1v) is 9.03. The highest BCUT2D eigenvalue weighted by Gasteiger charge is 2.20. The minimum atomic E-state index is 0.0158. The maximum Gasteiger partial charge on any atom is 0.255 e. The Morgan fingerprint density at radius 2 is 1.92 bits per heavy atom. The van der Waals surface area contributed by atoms with Gasteiger partial charge in [0, 0.05) is 43.7 Å². The van der Waals surface area contributed by atoms with E-state index in [2.05, 4.69) is 41.1 Å². The fraction of sp³-hybridized carbons (Fsp3) is 0.286. The SMILES string of the molecule is Cc1cccc(CCN2CCCn3c2nc(-c2ccncc2)cc3=O)c1. The van der Waals surface area contributed by atoms with E-state index in [0.29, 0.717) is 5.69 Å². The van der Waals surface area contributed by atoms with Gasteiger partial charge in [-0.1, -0.05) is 29.8 Å². The summed E-state index contributed by atoms with van der Waals surface area (Å²) < 4.78 is 1.80. The highest BCUT2D eigenvalue weighted by molar-refractivity contribution is 5.59. The van der Waals surface area contributed by atoms with Crippen LogP contribution in [0.3, 0.4) is 0 Å². The zero-order valence-electron chi connectivity index (χ0n) is 14.9. The molecule has 2 aromatic heterocycles. The lowest BCUT2D eigenvalue weighted by atomic mass is 10.1. The van der Waals surface area contributed by atoms with Crippen molar-refractivity contribution in [3.63, 3.8) is 0 Å². The van der Waals surface area contributed by atoms with E-state index in [9.17, 15) is 4.79 Å². The molecule has 3 heterocycles. The molecule has 0 N–H and O–H groups in total. The molecule has 0 amide bonds. The molecule has 26 heavy (non-hydrogen) atoms. The van der Waals surface area contributed by atoms with E-state index >= 15 is 0 Å². The van der Waals surface area contributed by atoms with Gasteiger partial charge in [-0.3, -0.25) is 14.3 Å². The van der Waals surface area contributed by atoms with Gasteiger partial charge in [0.05, 0.1) is 5.69 Å². The first-order valence-electron chi connectivity index (χ1n) is 9.03. The third kappa shape index (κ3) is 3.38. The Kier molecular flexibility index (Phi) is 4.52. The van der Waals surface area contributed by atoms with Crippen molar-refractivity contribution in [3.8, 4) is 11.3 Å². The lowest BCUT2D eigenvalue weighted by Gasteiger charge is -2.31. The Morgan fingerprint density at radius 1 is 1.08 bits per heavy atom. The van der Waals surface area contributed by atoms with Crippen LogP contribution < -0.4 is 10.5 Å². The molecule has 0 spiro atoms. The van der Waals surface area contributed by atoms with Crippen LogP contribution in [-0.4, -0.2) is 27.6 Å². The summed E-state index contributed by atoms with van der Waals surface area (Å²) in [7, 11) is 0. The molecule has 5 nitrogen and oxygen atoms in total. The van der Waals surface area contributed by atoms with Gasteiger partial charge in [-0.05, 0) is 37.5 Å². The normalized spacial score (nSPS) is 13.5. The second kappa shape index (κ2) is 7.12. The highest BCUT2D eigenvalue weighted by atomic mass is 16.1. The first-order chi connectivity index (χ1) is 12.7. The maximum absolute atomic E-state index is 12.6. The van der Waals surface area contributed by atoms with Crippen molar-refractivity contribution < 1.29 is 0 Å². The van der Waals surface area contributed by atoms with Crippen molar-refractivity contribution in [2.24, 2.45) is 0 Å². The minimum Gasteiger partial charge on any atom is -0.342 e. The number of hydrogen-bond donors (Lipinski definition) is 0. The number of fused-ring (bicyclic) bond motifs is 1. The van der Waals surface area contributed by atoms with E-state index in [1.54, 1.807) is 23.0 Å². The lowest BCUT2D eigenvalue weighted by molar-refractivity contribution is 0.532. The van der Waals surface area contributed by atoms with Gasteiger partial charge in [0.1, 0.15) is 0 Å². The zero-order chi connectivity index (χ0) is 17.9. The number of benzene rings is 1. The summed E-state index contributed by atoms with van der Waals surface area (Å²) in [6, 6.07) is 14.0. The second-order valence-corrected chi connectivity index (χ2v) is 6.75. The largest absolute Gasteiger partial charge is 0.342 e. The van der Waals surface area contributed by atoms with Crippen LogP contribution >= 0.6 is 0 Å². The van der Waals surface area contributed by atoms with Crippen molar-refractivity contribution in [2.45, 2.75) is 26.3 Å². The van der Waals surface area contributed by atoms with Crippen LogP contribution in [0, 0.1) is 6.92 Å². The third-order valence-electron chi connectivity index (χ3n) is 4.81. The van der Waals surface area contributed by atoms with Crippen LogP contribution in [0.2, 0.25) is 0 Å². The highest BCUT2D eigenvalue weighted by Crippen LogP contribution is 2.22. The second-order valence-electron chi connectivity index (χ2n) is 6.75. The van der Waals surface area contributed by atoms with Crippen molar-refractivity contribution in [1.82, 2.24) is 14.5 Å². The summed E-state index contributed by atoms with van der Waals surface area (Å²) in [5, 5.41) is 0. The van der Waals surface area contributed by atoms with Crippen molar-refractivity contribution >= 4 is 5.95 Å². The maximum atomic E-state index is 12.6. The number of aryl methyl sites for hydroxylation is 1. The van der Waals surface area contributed by atoms with Crippen LogP contribution in [-0.2, 0) is 13.0 Å². The van der Waals surface area contributed by atoms with Crippen molar-refractivity contribution in [3.05, 3.63) is 76.3 Å². The van der Waals surface area contributed by atoms with E-state index in [1.165, 1.54) is 11.1 Å². The van der Waals surface area contributed by atoms with Crippen LogP contribution in [0.25, 0.3) is 11.3 Å². The van der Waals surface area contributed by atoms with E-state index in [-0.39, 0.29) is 5.56 Å². The molecule has 0 radical (unpaired) electrons. The molecule has 132 valence electrons. The molecule has 0 unspecified atom stereocenters. The summed E-state index contributed by atoms with van der Waals surface area (Å²) in [6.45, 7) is 4.63. The number of rotatable bonds is 4. The predicted molar refractivity (Wildman–Crippen MR) is 103 cm³/mol. The van der Waals surface area contributed by atoms with Crippen LogP contribution in [0.15, 0.2) is 59.7 Å². The van der Waals surface area contributed by atoms with Gasteiger partial charge < -0.3 is 4.90 Å². The van der Waals surface area contributed by atoms with E-state index < -0.39 is 0 Å². The average molecular weight is 346 g/mol. The molecule has 4 rings (SSSR count). The van der Waals surface area contributed by atoms with Gasteiger partial charge in [0.25, 0.3) is 5.56 Å². The van der Waals surface area contributed by atoms with Gasteiger partial charge in [0.15, 0.2) is 0 Å². The number of nitrogens with zero attached hydrogens (tertiary/aromatic N) is 4. The Labute approximate surface area is 153 Å². The molecule has 0 saturated carbocycles. The van der Waals surface area contributed by atoms with Crippen molar-refractivity contribution in [1.29, 1.82) is 0 Å². The number of anilines is 1. The summed E-state index contributed by atoms with van der Waals surface area (Å²) in [4.78, 5) is 23.7. The van der Waals surface area contributed by atoms with Crippen molar-refractivity contribution in [2.75, 3.05) is 18.0 Å². The molecule has 5 heteroatoms. The summed E-state index contributed by atoms with van der Waals surface area (Å²) in [5.74, 6) is 0.781. The Bertz CT molecular complexity index is 965. The summed E-state index contributed by atoms with van der Waals surface area (Å²) in [5.41, 5.74) is 4.24. The first kappa shape index (κ1) is 16.5. The molecule has 0 aliphatic carbocycles. The molecule has 0 atom stereocenters. The van der Waals surface area contributed by atoms with Crippen LogP contribution in [0.4, 0.5) is 5.95 Å². The Morgan fingerprint density at radius 3 is 2.73 bits per heavy atom. The minimum absolute atomic E-state index is 0.0158. The molecule has 0 fully saturated rings. The van der Waals surface area contributed by atoms with Crippen LogP contribution in [0.1, 0.15) is 17.5 Å². The zero-order valence-corrected chi connectivity index (χ0v) is 14.9. The van der Waals surface area contributed by atoms with E-state index in [1.807, 2.05) is 12.1 Å². The van der Waals surface area contributed by atoms with Gasteiger partial charge in [-0.15, -0.1) is 0 Å². The van der Waals surface area contributed by atoms with Gasteiger partial charge in [0.2, 0.25) is 5.95 Å². The van der Waals surface area contributed by atoms with E-state index in [0.717, 1.165) is 44.0 Å². The Hall–Kier alpha value is -2.95. The standard InChI is InChI=1S/C21H22N4O/c1-16-4-2-5-17(14-16)8-13-24-11-3-12-25-20(26)15-19(23-21(24)25)18-6-9-22-10-7-18/h2,4-7,9-10,14-15H,3,8,11-13H2,1H3. The van der Waals surface area contributed by atoms with E-state index in [4.69, 9.17) is 4.98 Å². The fourth-order valence-electron chi connectivity index (χ4n) is 3.48. The van der Waals surface area contributed by atoms with Gasteiger partial charge >= 0.3 is 0 Å². The fourth-order valence-corrected chi connectivity index (χ4v) is 3.48. The van der Waals surface area contributed by atoms with Crippen LogP contribution in [0.5, 0.6) is 0 Å². The van der Waals surface area contributed by atoms with Gasteiger partial charge in [-0.2, -0.15) is 0 Å². The molecule has 0 saturated heterocycles. The Balaban J connectivity index is 1.64. The molecular formula is C21H22N4O. The predicted octanol–water partition coefficient (Wildman–Crippen LogP) is 3.07. The summed E-state index contributed by atoms with van der Waals surface area (Å²) in [6.07, 6.45) is 5.36. The molecule has 0 bridgehead atoms. The molecule has 3 aromatic rings. The number of pyridine rings is 1. The molecule has 1 aliphatic heterocycles. The monoisotopic (exact) mass is 346 g/mol. The average Bonchev–Trinajstić information content (AvgIpc) is 2.67. The summed E-state index contributed by atoms with van der Waals surface area (Å²) >= 11 is 0. The molecule has 1 aromatic carbocycles. The number of hydrogen-bond acceptors (Lipinski definition) is 4. The smallest absolute Gasteiger partial charge is 0.255 e. The topological polar surface area (TPSA) is 51.0 Å². The van der Waals surface area contributed by atoms with Gasteiger partial charge in [-0.25, -0.2) is 4.98 Å². The quantitative estimate of drug-likeness (QED) is 0.728. The molecule has 1 aliphatic rings.